The SMILES string of the molecule is COCc1nc(NN)cc(NC(C)(C)COC)n1. The molecule has 102 valence electrons. The first kappa shape index (κ1) is 14.6. The Morgan fingerprint density at radius 1 is 1.22 bits per heavy atom. The number of nitrogens with two attached hydrogens (primary N) is 1. The van der Waals surface area contributed by atoms with Crippen LogP contribution in [0.1, 0.15) is 19.7 Å². The maximum Gasteiger partial charge on any atom is 0.158 e. The van der Waals surface area contributed by atoms with Crippen LogP contribution < -0.4 is 16.6 Å². The number of ether oxygens (including phenoxy) is 2. The molecule has 1 aromatic heterocycles. The van der Waals surface area contributed by atoms with Crippen LogP contribution in [0.5, 0.6) is 0 Å². The van der Waals surface area contributed by atoms with E-state index in [1.165, 1.54) is 0 Å². The van der Waals surface area contributed by atoms with Crippen LogP contribution in [0.2, 0.25) is 0 Å². The van der Waals surface area contributed by atoms with Gasteiger partial charge in [0, 0.05) is 20.3 Å². The van der Waals surface area contributed by atoms with E-state index in [1.807, 2.05) is 13.8 Å². The number of hydrogen-bond acceptors (Lipinski definition) is 7. The average Bonchev–Trinajstić information content (AvgIpc) is 2.28. The minimum Gasteiger partial charge on any atom is -0.382 e. The highest BCUT2D eigenvalue weighted by Gasteiger charge is 2.18. The average molecular weight is 255 g/mol. The van der Waals surface area contributed by atoms with E-state index in [0.717, 1.165) is 0 Å². The maximum absolute atomic E-state index is 5.37. The fourth-order valence-corrected chi connectivity index (χ4v) is 1.57. The molecule has 0 atom stereocenters. The highest BCUT2D eigenvalue weighted by molar-refractivity contribution is 5.48. The third-order valence-electron chi connectivity index (χ3n) is 2.17. The summed E-state index contributed by atoms with van der Waals surface area (Å²) in [6.45, 7) is 4.92. The molecule has 18 heavy (non-hydrogen) atoms. The normalized spacial score (nSPS) is 11.4. The Balaban J connectivity index is 2.90. The third kappa shape index (κ3) is 4.44. The Hall–Kier alpha value is -1.44. The summed E-state index contributed by atoms with van der Waals surface area (Å²) in [6, 6.07) is 1.73. The Kier molecular flexibility index (Phi) is 5.26. The first-order valence-corrected chi connectivity index (χ1v) is 5.61. The molecule has 0 aliphatic carbocycles. The molecule has 7 heteroatoms. The van der Waals surface area contributed by atoms with Crippen molar-refractivity contribution in [2.24, 2.45) is 5.84 Å². The van der Waals surface area contributed by atoms with Gasteiger partial charge < -0.3 is 20.2 Å². The second kappa shape index (κ2) is 6.48. The molecule has 1 heterocycles. The summed E-state index contributed by atoms with van der Waals surface area (Å²) in [4.78, 5) is 8.51. The summed E-state index contributed by atoms with van der Waals surface area (Å²) in [6.07, 6.45) is 0. The molecule has 1 rings (SSSR count). The lowest BCUT2D eigenvalue weighted by Crippen LogP contribution is -2.36. The van der Waals surface area contributed by atoms with Crippen molar-refractivity contribution in [2.75, 3.05) is 31.6 Å². The first-order chi connectivity index (χ1) is 8.50. The number of nitrogens with one attached hydrogen (secondary N) is 2. The standard InChI is InChI=1S/C11H21N5O2/c1-11(2,7-18-4)15-8-5-9(16-12)14-10(13-8)6-17-3/h5H,6-7,12H2,1-4H3,(H2,13,14,15,16). The largest absolute Gasteiger partial charge is 0.382 e. The van der Waals surface area contributed by atoms with Crippen molar-refractivity contribution in [3.05, 3.63) is 11.9 Å². The van der Waals surface area contributed by atoms with Gasteiger partial charge in [-0.3, -0.25) is 0 Å². The summed E-state index contributed by atoms with van der Waals surface area (Å²) in [5, 5.41) is 3.27. The van der Waals surface area contributed by atoms with E-state index < -0.39 is 0 Å². The lowest BCUT2D eigenvalue weighted by Gasteiger charge is -2.26. The number of aromatic nitrogens is 2. The molecule has 0 radical (unpaired) electrons. The van der Waals surface area contributed by atoms with Gasteiger partial charge in [0.05, 0.1) is 12.1 Å². The van der Waals surface area contributed by atoms with Crippen LogP contribution >= 0.6 is 0 Å². The van der Waals surface area contributed by atoms with E-state index in [4.69, 9.17) is 15.3 Å². The Morgan fingerprint density at radius 3 is 2.44 bits per heavy atom. The molecule has 0 aliphatic heterocycles. The quantitative estimate of drug-likeness (QED) is 0.488. The molecule has 0 aliphatic rings. The van der Waals surface area contributed by atoms with Crippen molar-refractivity contribution >= 4 is 11.6 Å². The molecule has 7 nitrogen and oxygen atoms in total. The van der Waals surface area contributed by atoms with Gasteiger partial charge in [-0.15, -0.1) is 0 Å². The van der Waals surface area contributed by atoms with Crippen molar-refractivity contribution in [3.8, 4) is 0 Å². The second-order valence-electron chi connectivity index (χ2n) is 4.57. The van der Waals surface area contributed by atoms with Gasteiger partial charge in [-0.05, 0) is 13.8 Å². The molecule has 0 saturated carbocycles. The fraction of sp³-hybridized carbons (Fsp3) is 0.636. The molecule has 0 aromatic carbocycles. The lowest BCUT2D eigenvalue weighted by atomic mass is 10.1. The van der Waals surface area contributed by atoms with Crippen LogP contribution in [0.25, 0.3) is 0 Å². The Labute approximate surface area is 107 Å². The zero-order valence-corrected chi connectivity index (χ0v) is 11.3. The Morgan fingerprint density at radius 2 is 1.89 bits per heavy atom. The summed E-state index contributed by atoms with van der Waals surface area (Å²) < 4.78 is 10.2. The van der Waals surface area contributed by atoms with Gasteiger partial charge in [0.15, 0.2) is 5.82 Å². The predicted molar refractivity (Wildman–Crippen MR) is 70.1 cm³/mol. The molecule has 0 bridgehead atoms. The molecule has 0 saturated heterocycles. The molecule has 1 aromatic rings. The first-order valence-electron chi connectivity index (χ1n) is 5.61. The number of nitrogen functional groups attached to an aromatic ring is 1. The van der Waals surface area contributed by atoms with Crippen molar-refractivity contribution in [1.29, 1.82) is 0 Å². The van der Waals surface area contributed by atoms with E-state index in [9.17, 15) is 0 Å². The minimum atomic E-state index is -0.237. The highest BCUT2D eigenvalue weighted by Crippen LogP contribution is 2.16. The minimum absolute atomic E-state index is 0.237. The van der Waals surface area contributed by atoms with Gasteiger partial charge >= 0.3 is 0 Å². The topological polar surface area (TPSA) is 94.3 Å². The molecule has 0 fully saturated rings. The van der Waals surface area contributed by atoms with E-state index >= 15 is 0 Å². The number of hydrazine groups is 1. The molecule has 4 N–H and O–H groups in total. The van der Waals surface area contributed by atoms with Crippen LogP contribution in [-0.4, -0.2) is 36.3 Å². The number of anilines is 2. The van der Waals surface area contributed by atoms with Crippen molar-refractivity contribution in [2.45, 2.75) is 26.0 Å². The maximum atomic E-state index is 5.37. The van der Waals surface area contributed by atoms with Crippen LogP contribution in [0.3, 0.4) is 0 Å². The van der Waals surface area contributed by atoms with E-state index in [0.29, 0.717) is 30.7 Å². The predicted octanol–water partition coefficient (Wildman–Crippen LogP) is 0.745. The molecule has 0 spiro atoms. The van der Waals surface area contributed by atoms with Crippen molar-refractivity contribution in [1.82, 2.24) is 9.97 Å². The van der Waals surface area contributed by atoms with E-state index in [1.54, 1.807) is 20.3 Å². The van der Waals surface area contributed by atoms with E-state index in [2.05, 4.69) is 20.7 Å². The molecular weight excluding hydrogens is 234 g/mol. The van der Waals surface area contributed by atoms with Gasteiger partial charge in [-0.25, -0.2) is 15.8 Å². The van der Waals surface area contributed by atoms with Gasteiger partial charge in [-0.1, -0.05) is 0 Å². The van der Waals surface area contributed by atoms with Gasteiger partial charge in [0.2, 0.25) is 0 Å². The monoisotopic (exact) mass is 255 g/mol. The van der Waals surface area contributed by atoms with Gasteiger partial charge in [-0.2, -0.15) is 0 Å². The van der Waals surface area contributed by atoms with Crippen LogP contribution in [-0.2, 0) is 16.1 Å². The number of nitrogens with zero attached hydrogens (tertiary/aromatic N) is 2. The van der Waals surface area contributed by atoms with Crippen LogP contribution in [0, 0.1) is 0 Å². The van der Waals surface area contributed by atoms with Crippen LogP contribution in [0.15, 0.2) is 6.07 Å². The van der Waals surface area contributed by atoms with Gasteiger partial charge in [0.1, 0.15) is 18.2 Å². The Bertz CT molecular complexity index is 384. The van der Waals surface area contributed by atoms with Crippen molar-refractivity contribution in [3.63, 3.8) is 0 Å². The summed E-state index contributed by atoms with van der Waals surface area (Å²) >= 11 is 0. The van der Waals surface area contributed by atoms with Gasteiger partial charge in [0.25, 0.3) is 0 Å². The number of hydrogen-bond donors (Lipinski definition) is 3. The second-order valence-corrected chi connectivity index (χ2v) is 4.57. The van der Waals surface area contributed by atoms with E-state index in [-0.39, 0.29) is 5.54 Å². The number of rotatable bonds is 7. The summed E-state index contributed by atoms with van der Waals surface area (Å²) in [5.41, 5.74) is 2.27. The third-order valence-corrected chi connectivity index (χ3v) is 2.17. The summed E-state index contributed by atoms with van der Waals surface area (Å²) in [5.74, 6) is 7.14. The smallest absolute Gasteiger partial charge is 0.158 e. The highest BCUT2D eigenvalue weighted by atomic mass is 16.5. The summed E-state index contributed by atoms with van der Waals surface area (Å²) in [7, 11) is 3.25. The molecule has 0 unspecified atom stereocenters. The molecular formula is C11H21N5O2. The van der Waals surface area contributed by atoms with Crippen molar-refractivity contribution < 1.29 is 9.47 Å². The fourth-order valence-electron chi connectivity index (χ4n) is 1.57. The van der Waals surface area contributed by atoms with Crippen LogP contribution in [0.4, 0.5) is 11.6 Å². The zero-order chi connectivity index (χ0) is 13.6. The molecule has 0 amide bonds. The zero-order valence-electron chi connectivity index (χ0n) is 11.3. The lowest BCUT2D eigenvalue weighted by molar-refractivity contribution is 0.158. The number of methoxy groups -OCH3 is 2.